The lowest BCUT2D eigenvalue weighted by Gasteiger charge is -2.13. The average Bonchev–Trinajstić information content (AvgIpc) is 3.12. The van der Waals surface area contributed by atoms with Crippen LogP contribution in [0.1, 0.15) is 21.5 Å². The molecule has 3 rings (SSSR count). The molecule has 0 unspecified atom stereocenters. The van der Waals surface area contributed by atoms with E-state index < -0.39 is 10.0 Å². The Bertz CT molecular complexity index is 1080. The molecule has 3 aromatic rings. The Kier molecular flexibility index (Phi) is 4.58. The third-order valence-corrected chi connectivity index (χ3v) is 4.91. The SMILES string of the molecule is Cc1cc(S(N)(=O)=O)cc(NC(=O)c2cccc(-n3ccnn3)c2)c1C. The predicted molar refractivity (Wildman–Crippen MR) is 96.6 cm³/mol. The van der Waals surface area contributed by atoms with Gasteiger partial charge in [-0.2, -0.15) is 0 Å². The Morgan fingerprint density at radius 3 is 2.62 bits per heavy atom. The van der Waals surface area contributed by atoms with Crippen molar-refractivity contribution < 1.29 is 13.2 Å². The van der Waals surface area contributed by atoms with Crippen molar-refractivity contribution in [1.29, 1.82) is 0 Å². The quantitative estimate of drug-likeness (QED) is 0.724. The van der Waals surface area contributed by atoms with E-state index in [1.54, 1.807) is 44.3 Å². The number of nitrogens with two attached hydrogens (primary N) is 1. The van der Waals surface area contributed by atoms with E-state index in [1.165, 1.54) is 23.0 Å². The number of nitrogens with zero attached hydrogens (tertiary/aromatic N) is 3. The van der Waals surface area contributed by atoms with Crippen LogP contribution in [0, 0.1) is 13.8 Å². The van der Waals surface area contributed by atoms with Crippen molar-refractivity contribution in [2.45, 2.75) is 18.7 Å². The summed E-state index contributed by atoms with van der Waals surface area (Å²) in [5.41, 5.74) is 2.95. The summed E-state index contributed by atoms with van der Waals surface area (Å²) < 4.78 is 24.8. The molecule has 0 fully saturated rings. The highest BCUT2D eigenvalue weighted by Gasteiger charge is 2.15. The fourth-order valence-corrected chi connectivity index (χ4v) is 3.07. The maximum absolute atomic E-state index is 12.6. The fraction of sp³-hybridized carbons (Fsp3) is 0.118. The summed E-state index contributed by atoms with van der Waals surface area (Å²) in [6.45, 7) is 3.55. The van der Waals surface area contributed by atoms with E-state index in [0.717, 1.165) is 5.56 Å². The highest BCUT2D eigenvalue weighted by molar-refractivity contribution is 7.89. The van der Waals surface area contributed by atoms with Gasteiger partial charge in [0.25, 0.3) is 5.91 Å². The van der Waals surface area contributed by atoms with Gasteiger partial charge >= 0.3 is 0 Å². The third-order valence-electron chi connectivity index (χ3n) is 4.01. The molecule has 8 nitrogen and oxygen atoms in total. The zero-order valence-corrected chi connectivity index (χ0v) is 15.0. The number of anilines is 1. The number of primary sulfonamides is 1. The Balaban J connectivity index is 1.94. The highest BCUT2D eigenvalue weighted by Crippen LogP contribution is 2.24. The minimum atomic E-state index is -3.87. The van der Waals surface area contributed by atoms with Crippen molar-refractivity contribution in [2.75, 3.05) is 5.32 Å². The van der Waals surface area contributed by atoms with E-state index in [-0.39, 0.29) is 10.8 Å². The van der Waals surface area contributed by atoms with Crippen molar-refractivity contribution in [2.24, 2.45) is 5.14 Å². The van der Waals surface area contributed by atoms with Gasteiger partial charge in [-0.05, 0) is 55.3 Å². The molecule has 9 heteroatoms. The van der Waals surface area contributed by atoms with Gasteiger partial charge in [-0.3, -0.25) is 4.79 Å². The summed E-state index contributed by atoms with van der Waals surface area (Å²) in [4.78, 5) is 12.6. The molecule has 0 saturated heterocycles. The van der Waals surface area contributed by atoms with Crippen LogP contribution >= 0.6 is 0 Å². The summed E-state index contributed by atoms with van der Waals surface area (Å²) in [6, 6.07) is 9.67. The maximum atomic E-state index is 12.6. The van der Waals surface area contributed by atoms with Crippen molar-refractivity contribution in [3.8, 4) is 5.69 Å². The van der Waals surface area contributed by atoms with E-state index >= 15 is 0 Å². The van der Waals surface area contributed by atoms with Crippen LogP contribution in [0.25, 0.3) is 5.69 Å². The van der Waals surface area contributed by atoms with Crippen molar-refractivity contribution in [1.82, 2.24) is 15.0 Å². The minimum absolute atomic E-state index is 0.0488. The third kappa shape index (κ3) is 3.63. The molecule has 26 heavy (non-hydrogen) atoms. The first kappa shape index (κ1) is 17.8. The normalized spacial score (nSPS) is 11.3. The fourth-order valence-electron chi connectivity index (χ4n) is 2.45. The first-order valence-electron chi connectivity index (χ1n) is 7.68. The van der Waals surface area contributed by atoms with Gasteiger partial charge in [0.15, 0.2) is 0 Å². The van der Waals surface area contributed by atoms with E-state index in [9.17, 15) is 13.2 Å². The molecule has 2 aromatic carbocycles. The van der Waals surface area contributed by atoms with Gasteiger partial charge in [-0.15, -0.1) is 5.10 Å². The monoisotopic (exact) mass is 371 g/mol. The number of sulfonamides is 1. The molecule has 0 atom stereocenters. The maximum Gasteiger partial charge on any atom is 0.255 e. The van der Waals surface area contributed by atoms with E-state index in [4.69, 9.17) is 5.14 Å². The molecular formula is C17H17N5O3S. The number of carbonyl (C=O) groups excluding carboxylic acids is 1. The number of carbonyl (C=O) groups is 1. The van der Waals surface area contributed by atoms with E-state index in [2.05, 4.69) is 15.6 Å². The summed E-state index contributed by atoms with van der Waals surface area (Å²) >= 11 is 0. The van der Waals surface area contributed by atoms with Crippen LogP contribution in [0.3, 0.4) is 0 Å². The standard InChI is InChI=1S/C17H17N5O3S/c1-11-8-15(26(18,24)25)10-16(12(11)2)20-17(23)13-4-3-5-14(9-13)22-7-6-19-21-22/h3-10H,1-2H3,(H,20,23)(H2,18,24,25). The van der Waals surface area contributed by atoms with Gasteiger partial charge in [0, 0.05) is 11.3 Å². The highest BCUT2D eigenvalue weighted by atomic mass is 32.2. The molecule has 0 spiro atoms. The van der Waals surface area contributed by atoms with Crippen LogP contribution in [0.5, 0.6) is 0 Å². The number of benzene rings is 2. The molecule has 1 amide bonds. The van der Waals surface area contributed by atoms with Crippen LogP contribution in [0.2, 0.25) is 0 Å². The number of amides is 1. The van der Waals surface area contributed by atoms with Gasteiger partial charge in [0.1, 0.15) is 0 Å². The molecule has 1 aromatic heterocycles. The molecular weight excluding hydrogens is 354 g/mol. The number of aromatic nitrogens is 3. The lowest BCUT2D eigenvalue weighted by atomic mass is 10.1. The zero-order chi connectivity index (χ0) is 18.9. The first-order valence-corrected chi connectivity index (χ1v) is 9.22. The second kappa shape index (κ2) is 6.70. The molecule has 3 N–H and O–H groups in total. The number of rotatable bonds is 4. The first-order chi connectivity index (χ1) is 12.3. The Morgan fingerprint density at radius 2 is 1.96 bits per heavy atom. The molecule has 0 saturated carbocycles. The van der Waals surface area contributed by atoms with E-state index in [1.807, 2.05) is 0 Å². The molecule has 0 aliphatic heterocycles. The second-order valence-corrected chi connectivity index (χ2v) is 7.37. The smallest absolute Gasteiger partial charge is 0.255 e. The van der Waals surface area contributed by atoms with Crippen molar-refractivity contribution in [3.05, 3.63) is 65.5 Å². The summed E-state index contributed by atoms with van der Waals surface area (Å²) in [6.07, 6.45) is 3.21. The number of hydrogen-bond donors (Lipinski definition) is 2. The summed E-state index contributed by atoms with van der Waals surface area (Å²) in [7, 11) is -3.87. The molecule has 1 heterocycles. The molecule has 0 radical (unpaired) electrons. The lowest BCUT2D eigenvalue weighted by molar-refractivity contribution is 0.102. The number of aryl methyl sites for hydroxylation is 1. The van der Waals surface area contributed by atoms with Crippen LogP contribution in [0.4, 0.5) is 5.69 Å². The average molecular weight is 371 g/mol. The molecule has 0 aliphatic carbocycles. The summed E-state index contributed by atoms with van der Waals surface area (Å²) in [5, 5.41) is 15.6. The van der Waals surface area contributed by atoms with Crippen molar-refractivity contribution in [3.63, 3.8) is 0 Å². The van der Waals surface area contributed by atoms with Gasteiger partial charge in [-0.1, -0.05) is 11.3 Å². The van der Waals surface area contributed by atoms with Crippen molar-refractivity contribution >= 4 is 21.6 Å². The van der Waals surface area contributed by atoms with Gasteiger partial charge in [0.05, 0.1) is 23.0 Å². The summed E-state index contributed by atoms with van der Waals surface area (Å²) in [5.74, 6) is -0.374. The lowest BCUT2D eigenvalue weighted by Crippen LogP contribution is -2.16. The zero-order valence-electron chi connectivity index (χ0n) is 14.2. The predicted octanol–water partition coefficient (Wildman–Crippen LogP) is 1.78. The van der Waals surface area contributed by atoms with Gasteiger partial charge < -0.3 is 5.32 Å². The largest absolute Gasteiger partial charge is 0.322 e. The Hall–Kier alpha value is -3.04. The van der Waals surface area contributed by atoms with Crippen LogP contribution in [0.15, 0.2) is 53.7 Å². The topological polar surface area (TPSA) is 120 Å². The van der Waals surface area contributed by atoms with E-state index in [0.29, 0.717) is 22.5 Å². The van der Waals surface area contributed by atoms with Crippen LogP contribution < -0.4 is 10.5 Å². The minimum Gasteiger partial charge on any atom is -0.322 e. The number of nitrogens with one attached hydrogen (secondary N) is 1. The Labute approximate surface area is 150 Å². The van der Waals surface area contributed by atoms with Gasteiger partial charge in [0.2, 0.25) is 10.0 Å². The molecule has 134 valence electrons. The Morgan fingerprint density at radius 1 is 1.19 bits per heavy atom. The number of hydrogen-bond acceptors (Lipinski definition) is 5. The second-order valence-electron chi connectivity index (χ2n) is 5.81. The molecule has 0 aliphatic rings. The van der Waals surface area contributed by atoms with Crippen LogP contribution in [-0.2, 0) is 10.0 Å². The van der Waals surface area contributed by atoms with Gasteiger partial charge in [-0.25, -0.2) is 18.2 Å². The molecule has 0 bridgehead atoms. The van der Waals surface area contributed by atoms with Crippen LogP contribution in [-0.4, -0.2) is 29.3 Å².